The number of carbonyl (C=O) groups is 2. The Kier molecular flexibility index (Phi) is 5.53. The monoisotopic (exact) mass is 383 g/mol. The van der Waals surface area contributed by atoms with E-state index in [2.05, 4.69) is 0 Å². The second-order valence-electron chi connectivity index (χ2n) is 7.48. The first-order valence-electron chi connectivity index (χ1n) is 9.34. The van der Waals surface area contributed by atoms with Gasteiger partial charge in [-0.3, -0.25) is 4.79 Å². The molecule has 0 aliphatic carbocycles. The van der Waals surface area contributed by atoms with Gasteiger partial charge < -0.3 is 20.6 Å². The van der Waals surface area contributed by atoms with E-state index in [9.17, 15) is 14.8 Å². The Balaban J connectivity index is 1.68. The van der Waals surface area contributed by atoms with Crippen molar-refractivity contribution in [3.05, 3.63) is 59.6 Å². The van der Waals surface area contributed by atoms with Gasteiger partial charge in [0.2, 0.25) is 5.91 Å². The highest BCUT2D eigenvalue weighted by Gasteiger charge is 2.38. The van der Waals surface area contributed by atoms with E-state index in [1.54, 1.807) is 11.0 Å². The zero-order chi connectivity index (χ0) is 20.3. The van der Waals surface area contributed by atoms with Crippen LogP contribution in [0.5, 0.6) is 0 Å². The number of nitrogens with zero attached hydrogens (tertiary/aromatic N) is 2. The lowest BCUT2D eigenvalue weighted by molar-refractivity contribution is -0.604. The van der Waals surface area contributed by atoms with Gasteiger partial charge in [0.25, 0.3) is 0 Å². The Morgan fingerprint density at radius 2 is 2.04 bits per heavy atom. The van der Waals surface area contributed by atoms with Gasteiger partial charge in [-0.25, -0.2) is 4.79 Å². The lowest BCUT2D eigenvalue weighted by atomic mass is 9.93. The minimum atomic E-state index is -0.660. The summed E-state index contributed by atoms with van der Waals surface area (Å²) >= 11 is 0. The quantitative estimate of drug-likeness (QED) is 0.612. The summed E-state index contributed by atoms with van der Waals surface area (Å²) in [4.78, 5) is 25.3. The van der Waals surface area contributed by atoms with Gasteiger partial charge in [-0.05, 0) is 37.5 Å². The molecule has 0 radical (unpaired) electrons. The van der Waals surface area contributed by atoms with Crippen molar-refractivity contribution in [1.82, 2.24) is 4.90 Å². The fraction of sp³-hybridized carbons (Fsp3) is 0.381. The largest absolute Gasteiger partial charge is 0.619 e. The number of aromatic nitrogens is 1. The van der Waals surface area contributed by atoms with E-state index in [0.29, 0.717) is 19.4 Å². The highest BCUT2D eigenvalue weighted by Crippen LogP contribution is 2.33. The number of carbonyl (C=O) groups excluding carboxylic acids is 2. The molecule has 7 nitrogen and oxygen atoms in total. The maximum absolute atomic E-state index is 12.5. The SMILES string of the molecule is C[C@@H](c1ccc(-c2ccc[n+]([O-])c2)cc1)N1CC[C@@](C)(CCC(N)=O)OC1=O. The number of ether oxygens (including phenoxy) is 1. The standard InChI is InChI=1S/C21H25N3O4/c1-15(24-13-11-21(2,28-20(24)26)10-9-19(22)25)16-5-7-17(8-6-16)18-4-3-12-23(27)14-18/h3-8,12,14-15H,9-11,13H2,1-2H3,(H2,22,25)/t15-,21+/m0/s1. The zero-order valence-electron chi connectivity index (χ0n) is 16.1. The van der Waals surface area contributed by atoms with Crippen LogP contribution in [0.25, 0.3) is 11.1 Å². The van der Waals surface area contributed by atoms with Crippen LogP contribution in [0.4, 0.5) is 4.79 Å². The van der Waals surface area contributed by atoms with E-state index < -0.39 is 11.5 Å². The number of primary amides is 1. The topological polar surface area (TPSA) is 99.6 Å². The first-order valence-corrected chi connectivity index (χ1v) is 9.34. The number of nitrogens with two attached hydrogens (primary N) is 1. The summed E-state index contributed by atoms with van der Waals surface area (Å²) in [6.07, 6.45) is 3.85. The van der Waals surface area contributed by atoms with Crippen LogP contribution in [0.3, 0.4) is 0 Å². The minimum absolute atomic E-state index is 0.151. The molecule has 1 aliphatic heterocycles. The molecule has 0 unspecified atom stereocenters. The third-order valence-corrected chi connectivity index (χ3v) is 5.32. The van der Waals surface area contributed by atoms with Crippen molar-refractivity contribution in [3.8, 4) is 11.1 Å². The summed E-state index contributed by atoms with van der Waals surface area (Å²) in [5.74, 6) is -0.394. The van der Waals surface area contributed by atoms with Gasteiger partial charge in [0.15, 0.2) is 12.4 Å². The predicted molar refractivity (Wildman–Crippen MR) is 104 cm³/mol. The number of rotatable bonds is 6. The normalized spacial score (nSPS) is 20.5. The molecule has 1 saturated heterocycles. The second kappa shape index (κ2) is 7.88. The van der Waals surface area contributed by atoms with Gasteiger partial charge in [0, 0.05) is 31.0 Å². The van der Waals surface area contributed by atoms with E-state index in [1.165, 1.54) is 12.4 Å². The van der Waals surface area contributed by atoms with Crippen LogP contribution >= 0.6 is 0 Å². The highest BCUT2D eigenvalue weighted by molar-refractivity contribution is 5.74. The molecule has 2 amide bonds. The molecule has 7 heteroatoms. The fourth-order valence-corrected chi connectivity index (χ4v) is 3.44. The van der Waals surface area contributed by atoms with Crippen molar-refractivity contribution in [2.45, 2.75) is 44.8 Å². The van der Waals surface area contributed by atoms with E-state index in [-0.39, 0.29) is 18.6 Å². The average Bonchev–Trinajstić information content (AvgIpc) is 2.66. The molecule has 28 heavy (non-hydrogen) atoms. The van der Waals surface area contributed by atoms with Gasteiger partial charge in [-0.2, -0.15) is 4.73 Å². The first-order chi connectivity index (χ1) is 13.3. The number of benzene rings is 1. The summed E-state index contributed by atoms with van der Waals surface area (Å²) in [6.45, 7) is 4.34. The van der Waals surface area contributed by atoms with E-state index in [0.717, 1.165) is 21.4 Å². The molecule has 0 spiro atoms. The molecule has 2 aromatic rings. The summed E-state index contributed by atoms with van der Waals surface area (Å²) in [6, 6.07) is 11.2. The Morgan fingerprint density at radius 3 is 2.64 bits per heavy atom. The van der Waals surface area contributed by atoms with Gasteiger partial charge in [0.1, 0.15) is 5.60 Å². The van der Waals surface area contributed by atoms with Crippen molar-refractivity contribution in [3.63, 3.8) is 0 Å². The minimum Gasteiger partial charge on any atom is -0.619 e. The first kappa shape index (κ1) is 19.7. The lowest BCUT2D eigenvalue weighted by Gasteiger charge is -2.41. The molecule has 2 N–H and O–H groups in total. The van der Waals surface area contributed by atoms with Crippen LogP contribution in [0.15, 0.2) is 48.8 Å². The maximum Gasteiger partial charge on any atom is 0.410 e. The van der Waals surface area contributed by atoms with Crippen LogP contribution in [-0.4, -0.2) is 29.0 Å². The summed E-state index contributed by atoms with van der Waals surface area (Å²) in [5.41, 5.74) is 7.29. The third kappa shape index (κ3) is 4.42. The van der Waals surface area contributed by atoms with E-state index in [1.807, 2.05) is 44.2 Å². The number of amides is 2. The van der Waals surface area contributed by atoms with Crippen LogP contribution < -0.4 is 10.5 Å². The predicted octanol–water partition coefficient (Wildman–Crippen LogP) is 2.91. The molecule has 2 atom stereocenters. The number of hydrogen-bond acceptors (Lipinski definition) is 4. The Bertz CT molecular complexity index is 868. The Labute approximate surface area is 164 Å². The number of hydrogen-bond donors (Lipinski definition) is 1. The number of pyridine rings is 1. The van der Waals surface area contributed by atoms with Crippen molar-refractivity contribution in [1.29, 1.82) is 0 Å². The molecule has 1 fully saturated rings. The molecule has 3 rings (SSSR count). The van der Waals surface area contributed by atoms with E-state index in [4.69, 9.17) is 10.5 Å². The van der Waals surface area contributed by atoms with Gasteiger partial charge in [-0.1, -0.05) is 24.3 Å². The summed E-state index contributed by atoms with van der Waals surface area (Å²) in [7, 11) is 0. The van der Waals surface area contributed by atoms with Crippen molar-refractivity contribution < 1.29 is 19.1 Å². The third-order valence-electron chi connectivity index (χ3n) is 5.32. The molecule has 0 bridgehead atoms. The van der Waals surface area contributed by atoms with Crippen molar-refractivity contribution >= 4 is 12.0 Å². The second-order valence-corrected chi connectivity index (χ2v) is 7.48. The lowest BCUT2D eigenvalue weighted by Crippen LogP contribution is -2.49. The van der Waals surface area contributed by atoms with Crippen LogP contribution in [-0.2, 0) is 9.53 Å². The van der Waals surface area contributed by atoms with E-state index >= 15 is 0 Å². The summed E-state index contributed by atoms with van der Waals surface area (Å²) in [5, 5.41) is 11.5. The Morgan fingerprint density at radius 1 is 1.32 bits per heavy atom. The molecule has 1 aromatic heterocycles. The Hall–Kier alpha value is -3.09. The van der Waals surface area contributed by atoms with Gasteiger partial charge in [0.05, 0.1) is 6.04 Å². The number of cyclic esters (lactones) is 1. The molecule has 1 aromatic carbocycles. The van der Waals surface area contributed by atoms with Crippen LogP contribution in [0.1, 0.15) is 44.7 Å². The maximum atomic E-state index is 12.5. The van der Waals surface area contributed by atoms with Crippen LogP contribution in [0, 0.1) is 5.21 Å². The molecule has 0 saturated carbocycles. The van der Waals surface area contributed by atoms with Crippen molar-refractivity contribution in [2.75, 3.05) is 6.54 Å². The highest BCUT2D eigenvalue weighted by atomic mass is 16.6. The fourth-order valence-electron chi connectivity index (χ4n) is 3.44. The van der Waals surface area contributed by atoms with Gasteiger partial charge in [-0.15, -0.1) is 0 Å². The van der Waals surface area contributed by atoms with Gasteiger partial charge >= 0.3 is 6.09 Å². The zero-order valence-corrected chi connectivity index (χ0v) is 16.1. The molecule has 1 aliphatic rings. The molecule has 148 valence electrons. The van der Waals surface area contributed by atoms with Crippen molar-refractivity contribution in [2.24, 2.45) is 5.73 Å². The molecule has 2 heterocycles. The van der Waals surface area contributed by atoms with Crippen LogP contribution in [0.2, 0.25) is 0 Å². The smallest absolute Gasteiger partial charge is 0.410 e. The molecular formula is C21H25N3O4. The average molecular weight is 383 g/mol. The molecular weight excluding hydrogens is 358 g/mol. The summed E-state index contributed by atoms with van der Waals surface area (Å²) < 4.78 is 6.40.